The van der Waals surface area contributed by atoms with Gasteiger partial charge >= 0.3 is 0 Å². The second-order valence-electron chi connectivity index (χ2n) is 6.86. The zero-order chi connectivity index (χ0) is 19.8. The Labute approximate surface area is 167 Å². The first-order chi connectivity index (χ1) is 13.5. The molecule has 5 heteroatoms. The highest BCUT2D eigenvalue weighted by molar-refractivity contribution is 6.34. The van der Waals surface area contributed by atoms with Gasteiger partial charge in [0.2, 0.25) is 0 Å². The Kier molecular flexibility index (Phi) is 4.57. The highest BCUT2D eigenvalue weighted by Crippen LogP contribution is 2.38. The van der Waals surface area contributed by atoms with E-state index in [2.05, 4.69) is 4.98 Å². The molecule has 140 valence electrons. The Balaban J connectivity index is 1.93. The summed E-state index contributed by atoms with van der Waals surface area (Å²) in [7, 11) is 3.97. The molecule has 0 spiro atoms. The molecule has 4 aromatic rings. The van der Waals surface area contributed by atoms with Crippen molar-refractivity contribution in [3.05, 3.63) is 82.1 Å². The molecule has 0 atom stereocenters. The smallest absolute Gasteiger partial charge is 0.260 e. The maximum Gasteiger partial charge on any atom is 0.260 e. The minimum Gasteiger partial charge on any atom is -0.506 e. The molecule has 0 saturated carbocycles. The van der Waals surface area contributed by atoms with Gasteiger partial charge in [0, 0.05) is 30.7 Å². The van der Waals surface area contributed by atoms with Crippen molar-refractivity contribution < 1.29 is 5.11 Å². The average Bonchev–Trinajstić information content (AvgIpc) is 2.68. The number of aromatic nitrogens is 1. The molecule has 0 aliphatic heterocycles. The predicted molar refractivity (Wildman–Crippen MR) is 116 cm³/mol. The standard InChI is InChI=1S/C23H19ClN2O2/c1-26(2)16-10-8-14(9-11-16)17-12-18-20(13-19(17)24)25-23(28)21(22(18)27)15-6-4-3-5-7-15/h3-13H,1-2H3,(H2,25,27,28). The van der Waals surface area contributed by atoms with Crippen LogP contribution in [0.3, 0.4) is 0 Å². The number of pyridine rings is 1. The second kappa shape index (κ2) is 7.06. The van der Waals surface area contributed by atoms with Crippen molar-refractivity contribution in [2.24, 2.45) is 0 Å². The Morgan fingerprint density at radius 1 is 0.929 bits per heavy atom. The second-order valence-corrected chi connectivity index (χ2v) is 7.27. The number of fused-ring (bicyclic) bond motifs is 1. The Bertz CT molecular complexity index is 1210. The molecule has 3 aromatic carbocycles. The molecule has 4 nitrogen and oxygen atoms in total. The van der Waals surface area contributed by atoms with Crippen LogP contribution in [0.5, 0.6) is 5.75 Å². The van der Waals surface area contributed by atoms with Gasteiger partial charge in [0.05, 0.1) is 16.1 Å². The van der Waals surface area contributed by atoms with E-state index in [0.29, 0.717) is 21.5 Å². The molecule has 0 radical (unpaired) electrons. The van der Waals surface area contributed by atoms with Gasteiger partial charge in [-0.05, 0) is 35.4 Å². The van der Waals surface area contributed by atoms with Gasteiger partial charge in [-0.25, -0.2) is 0 Å². The van der Waals surface area contributed by atoms with Crippen LogP contribution >= 0.6 is 11.6 Å². The number of anilines is 1. The van der Waals surface area contributed by atoms with Gasteiger partial charge in [0.1, 0.15) is 5.75 Å². The van der Waals surface area contributed by atoms with E-state index in [1.54, 1.807) is 18.2 Å². The van der Waals surface area contributed by atoms with Crippen molar-refractivity contribution in [3.63, 3.8) is 0 Å². The van der Waals surface area contributed by atoms with E-state index in [0.717, 1.165) is 16.8 Å². The van der Waals surface area contributed by atoms with Crippen LogP contribution in [0.15, 0.2) is 71.5 Å². The lowest BCUT2D eigenvalue weighted by Crippen LogP contribution is -2.09. The molecule has 2 N–H and O–H groups in total. The fourth-order valence-electron chi connectivity index (χ4n) is 3.33. The number of halogens is 1. The zero-order valence-corrected chi connectivity index (χ0v) is 16.3. The summed E-state index contributed by atoms with van der Waals surface area (Å²) < 4.78 is 0. The minimum atomic E-state index is -0.352. The highest BCUT2D eigenvalue weighted by Gasteiger charge is 2.16. The number of nitrogens with one attached hydrogen (secondary N) is 1. The molecule has 0 bridgehead atoms. The van der Waals surface area contributed by atoms with Gasteiger partial charge in [-0.1, -0.05) is 54.1 Å². The number of rotatable bonds is 3. The van der Waals surface area contributed by atoms with Crippen molar-refractivity contribution in [1.82, 2.24) is 4.98 Å². The number of aromatic amines is 1. The number of hydrogen-bond acceptors (Lipinski definition) is 3. The van der Waals surface area contributed by atoms with E-state index < -0.39 is 0 Å². The van der Waals surface area contributed by atoms with Gasteiger partial charge in [0.15, 0.2) is 0 Å². The fraction of sp³-hybridized carbons (Fsp3) is 0.0870. The SMILES string of the molecule is CN(C)c1ccc(-c2cc3c(O)c(-c4ccccc4)c(=O)[nH]c3cc2Cl)cc1. The molecule has 0 fully saturated rings. The summed E-state index contributed by atoms with van der Waals surface area (Å²) in [5.41, 5.74) is 3.87. The summed E-state index contributed by atoms with van der Waals surface area (Å²) in [5.74, 6) is -0.0484. The average molecular weight is 391 g/mol. The van der Waals surface area contributed by atoms with Crippen molar-refractivity contribution in [3.8, 4) is 28.0 Å². The summed E-state index contributed by atoms with van der Waals surface area (Å²) >= 11 is 6.49. The van der Waals surface area contributed by atoms with Crippen molar-refractivity contribution in [1.29, 1.82) is 0 Å². The predicted octanol–water partition coefficient (Wildman–Crippen LogP) is 5.29. The summed E-state index contributed by atoms with van der Waals surface area (Å²) in [6, 6.07) is 20.6. The molecule has 0 unspecified atom stereocenters. The molecule has 1 heterocycles. The van der Waals surface area contributed by atoms with Gasteiger partial charge in [-0.3, -0.25) is 4.79 Å². The van der Waals surface area contributed by atoms with Crippen LogP contribution in [0.1, 0.15) is 0 Å². The van der Waals surface area contributed by atoms with Crippen molar-refractivity contribution in [2.45, 2.75) is 0 Å². The maximum absolute atomic E-state index is 12.6. The first kappa shape index (κ1) is 18.1. The first-order valence-electron chi connectivity index (χ1n) is 8.87. The molecule has 1 aromatic heterocycles. The number of hydrogen-bond donors (Lipinski definition) is 2. The van der Waals surface area contributed by atoms with E-state index in [4.69, 9.17) is 11.6 Å². The van der Waals surface area contributed by atoms with E-state index in [-0.39, 0.29) is 16.9 Å². The molecule has 0 aliphatic carbocycles. The third-order valence-corrected chi connectivity index (χ3v) is 5.14. The Morgan fingerprint density at radius 2 is 1.61 bits per heavy atom. The van der Waals surface area contributed by atoms with Crippen LogP contribution < -0.4 is 10.5 Å². The van der Waals surface area contributed by atoms with E-state index in [1.165, 1.54) is 0 Å². The number of nitrogens with zero attached hydrogens (tertiary/aromatic N) is 1. The molecule has 0 amide bonds. The Hall–Kier alpha value is -3.24. The topological polar surface area (TPSA) is 56.3 Å². The third kappa shape index (κ3) is 3.12. The Morgan fingerprint density at radius 3 is 2.25 bits per heavy atom. The van der Waals surface area contributed by atoms with Gasteiger partial charge < -0.3 is 15.0 Å². The van der Waals surface area contributed by atoms with E-state index >= 15 is 0 Å². The van der Waals surface area contributed by atoms with Crippen LogP contribution in [0.4, 0.5) is 5.69 Å². The van der Waals surface area contributed by atoms with Gasteiger partial charge in [-0.2, -0.15) is 0 Å². The van der Waals surface area contributed by atoms with Crippen LogP contribution in [0.2, 0.25) is 5.02 Å². The summed E-state index contributed by atoms with van der Waals surface area (Å²) in [6.07, 6.45) is 0. The quantitative estimate of drug-likeness (QED) is 0.500. The fourth-order valence-corrected chi connectivity index (χ4v) is 3.61. The monoisotopic (exact) mass is 390 g/mol. The first-order valence-corrected chi connectivity index (χ1v) is 9.25. The van der Waals surface area contributed by atoms with Crippen LogP contribution in [0, 0.1) is 0 Å². The highest BCUT2D eigenvalue weighted by atomic mass is 35.5. The molecular weight excluding hydrogens is 372 g/mol. The van der Waals surface area contributed by atoms with Crippen LogP contribution in [0.25, 0.3) is 33.2 Å². The number of H-pyrrole nitrogens is 1. The molecule has 28 heavy (non-hydrogen) atoms. The zero-order valence-electron chi connectivity index (χ0n) is 15.5. The van der Waals surface area contributed by atoms with E-state index in [1.807, 2.05) is 67.5 Å². The van der Waals surface area contributed by atoms with Crippen molar-refractivity contribution >= 4 is 28.2 Å². The normalized spacial score (nSPS) is 11.0. The summed E-state index contributed by atoms with van der Waals surface area (Å²) in [6.45, 7) is 0. The van der Waals surface area contributed by atoms with Gasteiger partial charge in [0.25, 0.3) is 5.56 Å². The molecular formula is C23H19ClN2O2. The molecule has 4 rings (SSSR count). The summed E-state index contributed by atoms with van der Waals surface area (Å²) in [5, 5.41) is 12.0. The lowest BCUT2D eigenvalue weighted by atomic mass is 9.99. The number of aromatic hydroxyl groups is 1. The van der Waals surface area contributed by atoms with Gasteiger partial charge in [-0.15, -0.1) is 0 Å². The summed E-state index contributed by atoms with van der Waals surface area (Å²) in [4.78, 5) is 17.4. The minimum absolute atomic E-state index is 0.0484. The molecule has 0 aliphatic rings. The number of benzene rings is 3. The largest absolute Gasteiger partial charge is 0.506 e. The van der Waals surface area contributed by atoms with Crippen LogP contribution in [-0.2, 0) is 0 Å². The maximum atomic E-state index is 12.6. The lowest BCUT2D eigenvalue weighted by molar-refractivity contribution is 0.482. The third-order valence-electron chi connectivity index (χ3n) is 4.83. The van der Waals surface area contributed by atoms with Crippen LogP contribution in [-0.4, -0.2) is 24.2 Å². The van der Waals surface area contributed by atoms with E-state index in [9.17, 15) is 9.90 Å². The molecule has 0 saturated heterocycles. The lowest BCUT2D eigenvalue weighted by Gasteiger charge is -2.14. The van der Waals surface area contributed by atoms with Crippen molar-refractivity contribution in [2.75, 3.05) is 19.0 Å².